The van der Waals surface area contributed by atoms with Crippen molar-refractivity contribution in [1.29, 1.82) is 0 Å². The van der Waals surface area contributed by atoms with Crippen molar-refractivity contribution in [2.24, 2.45) is 5.92 Å². The van der Waals surface area contributed by atoms with E-state index in [1.807, 2.05) is 49.4 Å². The number of benzene rings is 3. The van der Waals surface area contributed by atoms with E-state index in [1.165, 1.54) is 16.3 Å². The molecular weight excluding hydrogens is 785 g/mol. The van der Waals surface area contributed by atoms with Gasteiger partial charge in [-0.05, 0) is 75.2 Å². The fourth-order valence-electron chi connectivity index (χ4n) is 6.24. The van der Waals surface area contributed by atoms with E-state index in [2.05, 4.69) is 119 Å². The maximum absolute atomic E-state index is 6.16. The number of nitrogens with zero attached hydrogens (tertiary/aromatic N) is 4. The predicted molar refractivity (Wildman–Crippen MR) is 199 cm³/mol. The summed E-state index contributed by atoms with van der Waals surface area (Å²) >= 11 is 0. The Hall–Kier alpha value is -3.90. The molecule has 0 saturated heterocycles. The molecule has 0 N–H and O–H groups in total. The van der Waals surface area contributed by atoms with Crippen molar-refractivity contribution in [2.45, 2.75) is 73.1 Å². The van der Waals surface area contributed by atoms with Crippen molar-refractivity contribution in [3.63, 3.8) is 0 Å². The molecule has 0 fully saturated rings. The van der Waals surface area contributed by atoms with Crippen LogP contribution in [0, 0.1) is 25.0 Å². The summed E-state index contributed by atoms with van der Waals surface area (Å²) < 4.78 is 8.45. The number of rotatable bonds is 5. The molecule has 0 aliphatic carbocycles. The Balaban J connectivity index is 0.000000197. The van der Waals surface area contributed by atoms with Gasteiger partial charge in [0.05, 0.1) is 30.5 Å². The van der Waals surface area contributed by atoms with Gasteiger partial charge in [0, 0.05) is 42.9 Å². The standard InChI is InChI=1S/C24H27N2OSi.C17H17N2.Ir/c1-15(2)12-17-13-21(25-14-22(17)28(4,5)6)20-9-7-8-18-19-11-10-16(3)26-24(19)27-23(18)20;1-17(2,3)19-15-12-8-7-11-14(15)18-16(19)13-9-5-4-6-10-13;/h7-8,10-11,13-15H,12H2,1-6H3;4-9,11-12H,1-3H3;/q2*-1;. The summed E-state index contributed by atoms with van der Waals surface area (Å²) in [6, 6.07) is 33.3. The molecule has 0 spiro atoms. The zero-order valence-electron chi connectivity index (χ0n) is 29.4. The normalized spacial score (nSPS) is 12.0. The maximum atomic E-state index is 6.16. The molecule has 0 aliphatic rings. The number of fused-ring (bicyclic) bond motifs is 4. The van der Waals surface area contributed by atoms with Crippen LogP contribution in [0.2, 0.25) is 19.6 Å². The third kappa shape index (κ3) is 7.24. The van der Waals surface area contributed by atoms with Crippen molar-refractivity contribution in [1.82, 2.24) is 19.5 Å². The number of imidazole rings is 1. The summed E-state index contributed by atoms with van der Waals surface area (Å²) in [6.45, 7) is 20.3. The Kier molecular flexibility index (Phi) is 10.3. The Morgan fingerprint density at radius 2 is 1.62 bits per heavy atom. The minimum atomic E-state index is -1.46. The quantitative estimate of drug-likeness (QED) is 0.128. The second kappa shape index (κ2) is 13.9. The van der Waals surface area contributed by atoms with E-state index in [0.29, 0.717) is 11.6 Å². The molecule has 7 heteroatoms. The molecular formula is C41H44IrN4OSi-2. The van der Waals surface area contributed by atoms with Crippen LogP contribution < -0.4 is 5.19 Å². The van der Waals surface area contributed by atoms with Crippen LogP contribution in [0.15, 0.2) is 89.5 Å². The van der Waals surface area contributed by atoms with E-state index in [1.54, 1.807) is 0 Å². The van der Waals surface area contributed by atoms with Gasteiger partial charge >= 0.3 is 0 Å². The second-order valence-electron chi connectivity index (χ2n) is 14.8. The van der Waals surface area contributed by atoms with Gasteiger partial charge in [-0.3, -0.25) is 4.98 Å². The van der Waals surface area contributed by atoms with Crippen LogP contribution in [0.4, 0.5) is 0 Å². The average Bonchev–Trinajstić information content (AvgIpc) is 3.59. The van der Waals surface area contributed by atoms with Crippen molar-refractivity contribution < 1.29 is 24.5 Å². The van der Waals surface area contributed by atoms with Gasteiger partial charge in [0.1, 0.15) is 0 Å². The van der Waals surface area contributed by atoms with Crippen LogP contribution in [0.5, 0.6) is 0 Å². The fourth-order valence-corrected chi connectivity index (χ4v) is 7.83. The number of hydrogen-bond acceptors (Lipinski definition) is 4. The molecule has 5 nitrogen and oxygen atoms in total. The van der Waals surface area contributed by atoms with Crippen LogP contribution >= 0.6 is 0 Å². The molecule has 0 amide bonds. The summed E-state index contributed by atoms with van der Waals surface area (Å²) in [6.07, 6.45) is 3.16. The zero-order valence-corrected chi connectivity index (χ0v) is 32.8. The minimum Gasteiger partial charge on any atom is -0.486 e. The molecule has 0 bridgehead atoms. The topological polar surface area (TPSA) is 56.7 Å². The van der Waals surface area contributed by atoms with Gasteiger partial charge in [-0.1, -0.05) is 68.2 Å². The molecule has 7 rings (SSSR count). The van der Waals surface area contributed by atoms with E-state index in [0.717, 1.165) is 56.6 Å². The van der Waals surface area contributed by atoms with Crippen LogP contribution in [0.3, 0.4) is 0 Å². The number of para-hydroxylation sites is 2. The molecule has 1 radical (unpaired) electrons. The maximum Gasteiger partial charge on any atom is 0.216 e. The minimum absolute atomic E-state index is 0. The molecule has 48 heavy (non-hydrogen) atoms. The average molecular weight is 829 g/mol. The van der Waals surface area contributed by atoms with Crippen LogP contribution in [0.1, 0.15) is 45.9 Å². The van der Waals surface area contributed by atoms with E-state index in [-0.39, 0.29) is 25.6 Å². The predicted octanol–water partition coefficient (Wildman–Crippen LogP) is 10.2. The molecule has 249 valence electrons. The molecule has 0 atom stereocenters. The van der Waals surface area contributed by atoms with Gasteiger partial charge in [-0.15, -0.1) is 54.1 Å². The van der Waals surface area contributed by atoms with Gasteiger partial charge in [-0.25, -0.2) is 4.98 Å². The van der Waals surface area contributed by atoms with E-state index in [9.17, 15) is 0 Å². The summed E-state index contributed by atoms with van der Waals surface area (Å²) in [5.74, 6) is 1.58. The van der Waals surface area contributed by atoms with Crippen molar-refractivity contribution in [2.75, 3.05) is 0 Å². The van der Waals surface area contributed by atoms with Gasteiger partial charge in [0.25, 0.3) is 0 Å². The van der Waals surface area contributed by atoms with E-state index < -0.39 is 8.07 Å². The van der Waals surface area contributed by atoms with Gasteiger partial charge < -0.3 is 14.0 Å². The van der Waals surface area contributed by atoms with Gasteiger partial charge in [0.2, 0.25) is 5.71 Å². The first-order chi connectivity index (χ1) is 22.3. The molecule has 0 saturated carbocycles. The largest absolute Gasteiger partial charge is 0.486 e. The Morgan fingerprint density at radius 1 is 0.875 bits per heavy atom. The third-order valence-corrected chi connectivity index (χ3v) is 10.4. The zero-order chi connectivity index (χ0) is 33.5. The van der Waals surface area contributed by atoms with Crippen molar-refractivity contribution in [3.05, 3.63) is 108 Å². The second-order valence-corrected chi connectivity index (χ2v) is 19.8. The van der Waals surface area contributed by atoms with Crippen molar-refractivity contribution >= 4 is 46.4 Å². The summed E-state index contributed by atoms with van der Waals surface area (Å²) in [5.41, 5.74) is 8.93. The Bertz CT molecular complexity index is 2190. The molecule has 4 heterocycles. The Morgan fingerprint density at radius 3 is 2.31 bits per heavy atom. The Labute approximate surface area is 299 Å². The van der Waals surface area contributed by atoms with Crippen LogP contribution in [0.25, 0.3) is 55.7 Å². The first-order valence-electron chi connectivity index (χ1n) is 16.5. The molecule has 0 unspecified atom stereocenters. The molecule has 4 aromatic heterocycles. The summed E-state index contributed by atoms with van der Waals surface area (Å²) in [4.78, 5) is 14.2. The van der Waals surface area contributed by atoms with Gasteiger partial charge in [0.15, 0.2) is 0 Å². The molecule has 7 aromatic rings. The smallest absolute Gasteiger partial charge is 0.216 e. The van der Waals surface area contributed by atoms with E-state index in [4.69, 9.17) is 14.4 Å². The van der Waals surface area contributed by atoms with Gasteiger partial charge in [-0.2, -0.15) is 0 Å². The van der Waals surface area contributed by atoms with Crippen molar-refractivity contribution in [3.8, 4) is 22.6 Å². The number of hydrogen-bond donors (Lipinski definition) is 0. The summed E-state index contributed by atoms with van der Waals surface area (Å²) in [5, 5.41) is 3.55. The number of aryl methyl sites for hydroxylation is 1. The number of pyridine rings is 2. The SMILES string of the molecule is CC(C)(C)n1c(-c2[c-]cccc2)nc2ccccc21.Cc1ccc2c(n1)oc1c(-c3cc(CC(C)C)c([Si](C)(C)C)cn3)[c-]ccc12.[Ir]. The molecule has 0 aliphatic heterocycles. The van der Waals surface area contributed by atoms with E-state index >= 15 is 0 Å². The first kappa shape index (κ1) is 35.4. The van der Waals surface area contributed by atoms with Crippen LogP contribution in [-0.2, 0) is 32.1 Å². The first-order valence-corrected chi connectivity index (χ1v) is 20.0. The summed E-state index contributed by atoms with van der Waals surface area (Å²) in [7, 11) is -1.46. The number of aromatic nitrogens is 4. The number of furan rings is 1. The fraction of sp³-hybridized carbons (Fsp3) is 0.293. The third-order valence-electron chi connectivity index (χ3n) is 8.30. The van der Waals surface area contributed by atoms with Crippen LogP contribution in [-0.4, -0.2) is 27.6 Å². The molecule has 3 aromatic carbocycles. The monoisotopic (exact) mass is 829 g/mol.